The topological polar surface area (TPSA) is 153 Å². The molecule has 1 N–H and O–H groups in total. The van der Waals surface area contributed by atoms with Crippen LogP contribution in [0.5, 0.6) is 0 Å². The van der Waals surface area contributed by atoms with E-state index in [1.54, 1.807) is 0 Å². The van der Waals surface area contributed by atoms with Gasteiger partial charge >= 0.3 is 6.01 Å². The Balaban J connectivity index is 2.15. The molecule has 0 bridgehead atoms. The van der Waals surface area contributed by atoms with Crippen LogP contribution < -0.4 is 5.32 Å². The highest BCUT2D eigenvalue weighted by Crippen LogP contribution is 2.18. The zero-order valence-electron chi connectivity index (χ0n) is 15.1. The predicted molar refractivity (Wildman–Crippen MR) is 97.3 cm³/mol. The maximum absolute atomic E-state index is 12.7. The van der Waals surface area contributed by atoms with Gasteiger partial charge in [0.2, 0.25) is 15.9 Å². The normalized spacial score (nSPS) is 11.0. The molecule has 10 nitrogen and oxygen atoms in total. The molecule has 0 aliphatic carbocycles. The Bertz CT molecular complexity index is 984. The SMILES string of the molecule is CCc1nnc(NC(=O)c2ccc(S(=O)(=O)N(CCC#N)CCC#N)cc2)o1. The molecule has 0 fully saturated rings. The molecule has 1 amide bonds. The van der Waals surface area contributed by atoms with Crippen LogP contribution in [0.15, 0.2) is 33.6 Å². The summed E-state index contributed by atoms with van der Waals surface area (Å²) in [6.45, 7) is 1.80. The second kappa shape index (κ2) is 9.60. The molecular weight excluding hydrogens is 384 g/mol. The lowest BCUT2D eigenvalue weighted by Gasteiger charge is -2.20. The lowest BCUT2D eigenvalue weighted by atomic mass is 10.2. The van der Waals surface area contributed by atoms with E-state index in [0.717, 1.165) is 4.31 Å². The Morgan fingerprint density at radius 2 is 1.75 bits per heavy atom. The number of aryl methyl sites for hydroxylation is 1. The summed E-state index contributed by atoms with van der Waals surface area (Å²) in [7, 11) is -3.89. The third-order valence-corrected chi connectivity index (χ3v) is 5.60. The first-order valence-electron chi connectivity index (χ1n) is 8.40. The van der Waals surface area contributed by atoms with E-state index in [1.165, 1.54) is 24.3 Å². The Kier molecular flexibility index (Phi) is 7.21. The minimum atomic E-state index is -3.89. The van der Waals surface area contributed by atoms with E-state index >= 15 is 0 Å². The van der Waals surface area contributed by atoms with E-state index in [2.05, 4.69) is 15.5 Å². The quantitative estimate of drug-likeness (QED) is 0.665. The molecule has 11 heteroatoms. The Morgan fingerprint density at radius 1 is 1.14 bits per heavy atom. The Labute approximate surface area is 162 Å². The highest BCUT2D eigenvalue weighted by molar-refractivity contribution is 7.89. The number of benzene rings is 1. The van der Waals surface area contributed by atoms with Crippen molar-refractivity contribution in [1.29, 1.82) is 10.5 Å². The van der Waals surface area contributed by atoms with Crippen molar-refractivity contribution in [3.05, 3.63) is 35.7 Å². The van der Waals surface area contributed by atoms with Gasteiger partial charge in [-0.25, -0.2) is 8.42 Å². The molecule has 0 saturated carbocycles. The van der Waals surface area contributed by atoms with E-state index in [-0.39, 0.29) is 42.4 Å². The molecule has 0 atom stereocenters. The number of hydrogen-bond acceptors (Lipinski definition) is 8. The third-order valence-electron chi connectivity index (χ3n) is 3.69. The van der Waals surface area contributed by atoms with Gasteiger partial charge in [-0.15, -0.1) is 5.10 Å². The van der Waals surface area contributed by atoms with Crippen LogP contribution in [0.4, 0.5) is 6.01 Å². The van der Waals surface area contributed by atoms with Gasteiger partial charge < -0.3 is 4.42 Å². The summed E-state index contributed by atoms with van der Waals surface area (Å²) < 4.78 is 31.7. The number of aromatic nitrogens is 2. The average Bonchev–Trinajstić information content (AvgIpc) is 3.15. The Hall–Kier alpha value is -3.28. The van der Waals surface area contributed by atoms with Crippen LogP contribution in [-0.4, -0.2) is 41.9 Å². The minimum Gasteiger partial charge on any atom is -0.408 e. The van der Waals surface area contributed by atoms with Crippen molar-refractivity contribution in [2.45, 2.75) is 31.1 Å². The number of anilines is 1. The van der Waals surface area contributed by atoms with Crippen molar-refractivity contribution in [2.24, 2.45) is 0 Å². The van der Waals surface area contributed by atoms with Gasteiger partial charge in [0.25, 0.3) is 5.91 Å². The number of rotatable bonds is 9. The monoisotopic (exact) mass is 402 g/mol. The molecule has 0 unspecified atom stereocenters. The van der Waals surface area contributed by atoms with Gasteiger partial charge in [0, 0.05) is 37.9 Å². The number of nitrogens with zero attached hydrogens (tertiary/aromatic N) is 5. The van der Waals surface area contributed by atoms with Gasteiger partial charge in [0.15, 0.2) is 0 Å². The highest BCUT2D eigenvalue weighted by Gasteiger charge is 2.24. The molecule has 0 aliphatic heterocycles. The van der Waals surface area contributed by atoms with Gasteiger partial charge in [0.1, 0.15) is 0 Å². The summed E-state index contributed by atoms with van der Waals surface area (Å²) in [5.41, 5.74) is 0.204. The summed E-state index contributed by atoms with van der Waals surface area (Å²) >= 11 is 0. The first-order valence-corrected chi connectivity index (χ1v) is 9.84. The van der Waals surface area contributed by atoms with Crippen LogP contribution in [0.3, 0.4) is 0 Å². The largest absolute Gasteiger partial charge is 0.408 e. The van der Waals surface area contributed by atoms with Crippen LogP contribution >= 0.6 is 0 Å². The molecule has 0 saturated heterocycles. The molecule has 0 spiro atoms. The van der Waals surface area contributed by atoms with Crippen LogP contribution in [0.2, 0.25) is 0 Å². The van der Waals surface area contributed by atoms with Gasteiger partial charge in [-0.3, -0.25) is 10.1 Å². The second-order valence-electron chi connectivity index (χ2n) is 5.55. The fourth-order valence-electron chi connectivity index (χ4n) is 2.25. The fourth-order valence-corrected chi connectivity index (χ4v) is 3.69. The lowest BCUT2D eigenvalue weighted by molar-refractivity contribution is 0.102. The zero-order chi connectivity index (χ0) is 20.6. The standard InChI is InChI=1S/C17H18N6O4S/c1-2-15-21-22-17(27-15)20-16(24)13-5-7-14(8-6-13)28(25,26)23(11-3-9-18)12-4-10-19/h5-8H,2-4,11-12H2,1H3,(H,20,22,24). The van der Waals surface area contributed by atoms with E-state index in [4.69, 9.17) is 14.9 Å². The molecule has 0 aliphatic rings. The van der Waals surface area contributed by atoms with Crippen molar-refractivity contribution < 1.29 is 17.6 Å². The zero-order valence-corrected chi connectivity index (χ0v) is 15.9. The number of nitriles is 2. The lowest BCUT2D eigenvalue weighted by Crippen LogP contribution is -2.32. The number of carbonyl (C=O) groups excluding carboxylic acids is 1. The highest BCUT2D eigenvalue weighted by atomic mass is 32.2. The second-order valence-corrected chi connectivity index (χ2v) is 7.49. The Morgan fingerprint density at radius 3 is 2.25 bits per heavy atom. The summed E-state index contributed by atoms with van der Waals surface area (Å²) in [4.78, 5) is 12.2. The summed E-state index contributed by atoms with van der Waals surface area (Å²) in [6.07, 6.45) is 0.549. The maximum atomic E-state index is 12.7. The number of sulfonamides is 1. The molecule has 1 aromatic heterocycles. The van der Waals surface area contributed by atoms with E-state index in [0.29, 0.717) is 12.3 Å². The van der Waals surface area contributed by atoms with E-state index in [9.17, 15) is 13.2 Å². The molecule has 146 valence electrons. The predicted octanol–water partition coefficient (Wildman–Crippen LogP) is 1.70. The summed E-state index contributed by atoms with van der Waals surface area (Å²) in [6, 6.07) is 9.03. The summed E-state index contributed by atoms with van der Waals surface area (Å²) in [5, 5.41) is 27.3. The molecule has 28 heavy (non-hydrogen) atoms. The first-order chi connectivity index (χ1) is 13.4. The summed E-state index contributed by atoms with van der Waals surface area (Å²) in [5.74, 6) is -0.146. The van der Waals surface area contributed by atoms with Gasteiger partial charge in [-0.2, -0.15) is 14.8 Å². The van der Waals surface area contributed by atoms with Gasteiger partial charge in [-0.1, -0.05) is 12.0 Å². The van der Waals surface area contributed by atoms with Gasteiger partial charge in [0.05, 0.1) is 17.0 Å². The fraction of sp³-hybridized carbons (Fsp3) is 0.353. The smallest absolute Gasteiger partial charge is 0.322 e. The molecule has 2 aromatic rings. The van der Waals surface area contributed by atoms with Crippen LogP contribution in [-0.2, 0) is 16.4 Å². The van der Waals surface area contributed by atoms with Crippen molar-refractivity contribution in [3.63, 3.8) is 0 Å². The molecule has 1 aromatic carbocycles. The van der Waals surface area contributed by atoms with Crippen molar-refractivity contribution in [3.8, 4) is 12.1 Å². The first kappa shape index (κ1) is 21.0. The van der Waals surface area contributed by atoms with Crippen molar-refractivity contribution in [2.75, 3.05) is 18.4 Å². The number of amides is 1. The molecule has 1 heterocycles. The van der Waals surface area contributed by atoms with Gasteiger partial charge in [-0.05, 0) is 24.3 Å². The van der Waals surface area contributed by atoms with Crippen LogP contribution in [0.25, 0.3) is 0 Å². The van der Waals surface area contributed by atoms with E-state index < -0.39 is 15.9 Å². The van der Waals surface area contributed by atoms with Crippen LogP contribution in [0, 0.1) is 22.7 Å². The average molecular weight is 402 g/mol. The van der Waals surface area contributed by atoms with Crippen LogP contribution in [0.1, 0.15) is 36.0 Å². The van der Waals surface area contributed by atoms with Crippen molar-refractivity contribution >= 4 is 21.9 Å². The number of carbonyl (C=O) groups is 1. The maximum Gasteiger partial charge on any atom is 0.322 e. The minimum absolute atomic E-state index is 0.00901. The molecule has 2 rings (SSSR count). The number of hydrogen-bond donors (Lipinski definition) is 1. The molecule has 0 radical (unpaired) electrons. The number of nitrogens with one attached hydrogen (secondary N) is 1. The van der Waals surface area contributed by atoms with Crippen molar-refractivity contribution in [1.82, 2.24) is 14.5 Å². The molecular formula is C17H18N6O4S. The van der Waals surface area contributed by atoms with E-state index in [1.807, 2.05) is 19.1 Å². The third kappa shape index (κ3) is 5.13.